The van der Waals surface area contributed by atoms with Gasteiger partial charge in [-0.25, -0.2) is 0 Å². The summed E-state index contributed by atoms with van der Waals surface area (Å²) >= 11 is 9.06. The molecule has 0 spiro atoms. The molecule has 0 heterocycles. The van der Waals surface area contributed by atoms with Gasteiger partial charge in [0.2, 0.25) is 0 Å². The van der Waals surface area contributed by atoms with Crippen LogP contribution < -0.4 is 4.74 Å². The number of carbonyl (C=O) groups excluding carboxylic acids is 1. The number of rotatable bonds is 6. The average molecular weight is 351 g/mol. The zero-order chi connectivity index (χ0) is 14.4. The second-order valence-corrected chi connectivity index (χ2v) is 5.11. The number of halogens is 2. The van der Waals surface area contributed by atoms with E-state index >= 15 is 0 Å². The van der Waals surface area contributed by atoms with Crippen molar-refractivity contribution < 1.29 is 19.4 Å². The van der Waals surface area contributed by atoms with E-state index in [-0.39, 0.29) is 25.5 Å². The minimum atomic E-state index is -0.944. The molecule has 1 N–H and O–H groups in total. The van der Waals surface area contributed by atoms with Gasteiger partial charge in [0, 0.05) is 18.6 Å². The monoisotopic (exact) mass is 349 g/mol. The van der Waals surface area contributed by atoms with Gasteiger partial charge in [-0.1, -0.05) is 11.6 Å². The minimum absolute atomic E-state index is 0.0904. The fraction of sp³-hybridized carbons (Fsp3) is 0.333. The molecule has 0 saturated carbocycles. The van der Waals surface area contributed by atoms with Crippen LogP contribution in [0.5, 0.6) is 5.75 Å². The number of carbonyl (C=O) groups is 2. The molecule has 1 aromatic carbocycles. The highest BCUT2D eigenvalue weighted by Gasteiger charge is 2.12. The van der Waals surface area contributed by atoms with Gasteiger partial charge in [-0.2, -0.15) is 0 Å². The molecule has 0 aromatic heterocycles. The van der Waals surface area contributed by atoms with Gasteiger partial charge in [-0.05, 0) is 34.1 Å². The van der Waals surface area contributed by atoms with E-state index in [1.54, 1.807) is 18.2 Å². The molecule has 0 aliphatic rings. The fourth-order valence-corrected chi connectivity index (χ4v) is 2.03. The summed E-state index contributed by atoms with van der Waals surface area (Å²) in [5.74, 6) is -0.728. The number of amides is 1. The second-order valence-electron chi connectivity index (χ2n) is 3.82. The molecule has 0 unspecified atom stereocenters. The molecule has 0 aliphatic heterocycles. The van der Waals surface area contributed by atoms with Crippen molar-refractivity contribution in [2.45, 2.75) is 6.42 Å². The maximum atomic E-state index is 11.7. The summed E-state index contributed by atoms with van der Waals surface area (Å²) in [4.78, 5) is 23.4. The topological polar surface area (TPSA) is 66.8 Å². The van der Waals surface area contributed by atoms with Gasteiger partial charge >= 0.3 is 5.97 Å². The molecule has 1 amide bonds. The quantitative estimate of drug-likeness (QED) is 0.855. The lowest BCUT2D eigenvalue weighted by Crippen LogP contribution is -2.33. The molecular formula is C12H13BrClNO4. The van der Waals surface area contributed by atoms with E-state index in [2.05, 4.69) is 15.9 Å². The predicted molar refractivity (Wildman–Crippen MR) is 74.5 cm³/mol. The third kappa shape index (κ3) is 5.48. The van der Waals surface area contributed by atoms with Crippen molar-refractivity contribution in [3.05, 3.63) is 27.7 Å². The van der Waals surface area contributed by atoms with E-state index in [1.165, 1.54) is 11.9 Å². The van der Waals surface area contributed by atoms with E-state index in [4.69, 9.17) is 21.4 Å². The first-order valence-electron chi connectivity index (χ1n) is 5.43. The van der Waals surface area contributed by atoms with Crippen LogP contribution in [0.4, 0.5) is 0 Å². The lowest BCUT2D eigenvalue weighted by molar-refractivity contribution is -0.138. The average Bonchev–Trinajstić information content (AvgIpc) is 2.34. The summed E-state index contributed by atoms with van der Waals surface area (Å²) in [6, 6.07) is 4.96. The summed E-state index contributed by atoms with van der Waals surface area (Å²) in [7, 11) is 1.53. The van der Waals surface area contributed by atoms with Gasteiger partial charge in [-0.15, -0.1) is 0 Å². The molecule has 1 aromatic rings. The third-order valence-electron chi connectivity index (χ3n) is 2.33. The molecule has 0 radical (unpaired) electrons. The van der Waals surface area contributed by atoms with Gasteiger partial charge in [0.15, 0.2) is 6.61 Å². The highest BCUT2D eigenvalue weighted by atomic mass is 79.9. The Bertz CT molecular complexity index is 481. The van der Waals surface area contributed by atoms with Gasteiger partial charge in [-0.3, -0.25) is 9.59 Å². The molecule has 5 nitrogen and oxygen atoms in total. The maximum absolute atomic E-state index is 11.7. The van der Waals surface area contributed by atoms with E-state index in [0.29, 0.717) is 15.2 Å². The summed E-state index contributed by atoms with van der Waals surface area (Å²) in [6.07, 6.45) is -0.0904. The van der Waals surface area contributed by atoms with Crippen molar-refractivity contribution in [1.29, 1.82) is 0 Å². The summed E-state index contributed by atoms with van der Waals surface area (Å²) in [6.45, 7) is -0.00430. The lowest BCUT2D eigenvalue weighted by atomic mass is 10.3. The number of nitrogens with zero attached hydrogens (tertiary/aromatic N) is 1. The smallest absolute Gasteiger partial charge is 0.305 e. The molecule has 1 rings (SSSR count). The van der Waals surface area contributed by atoms with Gasteiger partial charge in [0.1, 0.15) is 5.75 Å². The number of hydrogen-bond donors (Lipinski definition) is 1. The summed E-state index contributed by atoms with van der Waals surface area (Å²) in [5, 5.41) is 9.09. The van der Waals surface area contributed by atoms with Crippen LogP contribution in [0.2, 0.25) is 5.02 Å². The molecule has 19 heavy (non-hydrogen) atoms. The van der Waals surface area contributed by atoms with Crippen molar-refractivity contribution in [2.24, 2.45) is 0 Å². The van der Waals surface area contributed by atoms with Crippen LogP contribution in [0.3, 0.4) is 0 Å². The zero-order valence-corrected chi connectivity index (χ0v) is 12.6. The Balaban J connectivity index is 2.47. The van der Waals surface area contributed by atoms with Crippen LogP contribution in [-0.4, -0.2) is 42.1 Å². The first-order valence-corrected chi connectivity index (χ1v) is 6.61. The molecule has 0 aliphatic carbocycles. The maximum Gasteiger partial charge on any atom is 0.305 e. The molecule has 0 bridgehead atoms. The molecule has 7 heteroatoms. The molecular weight excluding hydrogens is 337 g/mol. The Morgan fingerprint density at radius 3 is 2.74 bits per heavy atom. The Hall–Kier alpha value is -1.27. The van der Waals surface area contributed by atoms with Crippen LogP contribution >= 0.6 is 27.5 Å². The number of aliphatic carboxylic acids is 1. The Kier molecular flexibility index (Phi) is 6.11. The van der Waals surface area contributed by atoms with Crippen LogP contribution in [0.1, 0.15) is 6.42 Å². The summed E-state index contributed by atoms with van der Waals surface area (Å²) < 4.78 is 5.99. The largest absolute Gasteiger partial charge is 0.483 e. The number of hydrogen-bond acceptors (Lipinski definition) is 3. The molecule has 0 atom stereocenters. The standard InChI is InChI=1S/C12H13BrClNO4/c1-15(5-4-12(17)18)11(16)7-19-10-3-2-8(14)6-9(10)13/h2-3,6H,4-5,7H2,1H3,(H,17,18). The summed E-state index contributed by atoms with van der Waals surface area (Å²) in [5.41, 5.74) is 0. The third-order valence-corrected chi connectivity index (χ3v) is 3.19. The van der Waals surface area contributed by atoms with Crippen molar-refractivity contribution >= 4 is 39.4 Å². The van der Waals surface area contributed by atoms with Crippen LogP contribution in [0.25, 0.3) is 0 Å². The lowest BCUT2D eigenvalue weighted by Gasteiger charge is -2.16. The minimum Gasteiger partial charge on any atom is -0.483 e. The second kappa shape index (κ2) is 7.35. The van der Waals surface area contributed by atoms with Crippen LogP contribution in [0.15, 0.2) is 22.7 Å². The van der Waals surface area contributed by atoms with Crippen LogP contribution in [-0.2, 0) is 9.59 Å². The Morgan fingerprint density at radius 2 is 2.16 bits per heavy atom. The number of carboxylic acid groups (broad SMARTS) is 1. The van der Waals surface area contributed by atoms with E-state index < -0.39 is 5.97 Å². The van der Waals surface area contributed by atoms with Crippen LogP contribution in [0, 0.1) is 0 Å². The van der Waals surface area contributed by atoms with Crippen molar-refractivity contribution in [1.82, 2.24) is 4.90 Å². The number of likely N-dealkylation sites (N-methyl/N-ethyl adjacent to an activating group) is 1. The highest BCUT2D eigenvalue weighted by Crippen LogP contribution is 2.27. The zero-order valence-electron chi connectivity index (χ0n) is 10.2. The molecule has 104 valence electrons. The van der Waals surface area contributed by atoms with Crippen molar-refractivity contribution in [3.63, 3.8) is 0 Å². The van der Waals surface area contributed by atoms with Crippen molar-refractivity contribution in [3.8, 4) is 5.75 Å². The molecule has 0 saturated heterocycles. The normalized spacial score (nSPS) is 10.1. The van der Waals surface area contributed by atoms with Gasteiger partial charge in [0.05, 0.1) is 10.9 Å². The Labute approximate surface area is 124 Å². The first kappa shape index (κ1) is 15.8. The number of benzene rings is 1. The predicted octanol–water partition coefficient (Wildman–Crippen LogP) is 2.41. The van der Waals surface area contributed by atoms with Gasteiger partial charge < -0.3 is 14.7 Å². The van der Waals surface area contributed by atoms with Crippen molar-refractivity contribution in [2.75, 3.05) is 20.2 Å². The highest BCUT2D eigenvalue weighted by molar-refractivity contribution is 9.10. The van der Waals surface area contributed by atoms with E-state index in [1.807, 2.05) is 0 Å². The van der Waals surface area contributed by atoms with E-state index in [9.17, 15) is 9.59 Å². The van der Waals surface area contributed by atoms with E-state index in [0.717, 1.165) is 0 Å². The Morgan fingerprint density at radius 1 is 1.47 bits per heavy atom. The van der Waals surface area contributed by atoms with Gasteiger partial charge in [0.25, 0.3) is 5.91 Å². The number of ether oxygens (including phenoxy) is 1. The fourth-order valence-electron chi connectivity index (χ4n) is 1.23. The number of carboxylic acids is 1. The first-order chi connectivity index (χ1) is 8.90. The SMILES string of the molecule is CN(CCC(=O)O)C(=O)COc1ccc(Cl)cc1Br. The molecule has 0 fully saturated rings.